The van der Waals surface area contributed by atoms with Crippen LogP contribution in [-0.4, -0.2) is 23.3 Å². The molecule has 1 aliphatic rings. The molecule has 7 heteroatoms. The quantitative estimate of drug-likeness (QED) is 0.660. The smallest absolute Gasteiger partial charge is 0.291 e. The number of carbonyl (C=O) groups is 2. The molecular weight excluding hydrogens is 374 g/mol. The molecular formula is C21H19N3O3S. The lowest BCUT2D eigenvalue weighted by Crippen LogP contribution is -2.25. The number of hydrogen-bond acceptors (Lipinski definition) is 5. The third-order valence-corrected chi connectivity index (χ3v) is 5.53. The number of thioether (sulfide) groups is 1. The largest absolute Gasteiger partial charge is 0.445 e. The molecule has 28 heavy (non-hydrogen) atoms. The fourth-order valence-electron chi connectivity index (χ4n) is 3.15. The number of pyridine rings is 1. The Morgan fingerprint density at radius 1 is 1.18 bits per heavy atom. The van der Waals surface area contributed by atoms with E-state index in [9.17, 15) is 9.59 Å². The van der Waals surface area contributed by atoms with Gasteiger partial charge in [0.05, 0.1) is 0 Å². The highest BCUT2D eigenvalue weighted by molar-refractivity contribution is 7.98. The number of hydrogen-bond donors (Lipinski definition) is 1. The lowest BCUT2D eigenvalue weighted by atomic mass is 10.1. The Bertz CT molecular complexity index is 1020. The lowest BCUT2D eigenvalue weighted by molar-refractivity contribution is -0.116. The summed E-state index contributed by atoms with van der Waals surface area (Å²) in [6.07, 6.45) is 4.29. The van der Waals surface area contributed by atoms with Crippen molar-refractivity contribution in [2.24, 2.45) is 0 Å². The van der Waals surface area contributed by atoms with Crippen LogP contribution in [-0.2, 0) is 17.0 Å². The maximum absolute atomic E-state index is 12.5. The molecule has 6 nitrogen and oxygen atoms in total. The maximum Gasteiger partial charge on any atom is 0.291 e. The lowest BCUT2D eigenvalue weighted by Gasteiger charge is -2.14. The van der Waals surface area contributed by atoms with E-state index in [0.29, 0.717) is 17.3 Å². The Morgan fingerprint density at radius 2 is 2.00 bits per heavy atom. The normalized spacial score (nSPS) is 12.7. The molecule has 1 aliphatic heterocycles. The molecule has 4 rings (SSSR count). The molecule has 0 atom stereocenters. The van der Waals surface area contributed by atoms with Crippen molar-refractivity contribution in [2.75, 3.05) is 16.8 Å². The number of nitrogens with zero attached hydrogens (tertiary/aromatic N) is 2. The molecule has 2 amide bonds. The average Bonchev–Trinajstić information content (AvgIpc) is 3.34. The second kappa shape index (κ2) is 7.90. The van der Waals surface area contributed by atoms with Gasteiger partial charge in [-0.15, -0.1) is 0 Å². The van der Waals surface area contributed by atoms with Crippen LogP contribution in [0.25, 0.3) is 0 Å². The van der Waals surface area contributed by atoms with Gasteiger partial charge < -0.3 is 14.6 Å². The summed E-state index contributed by atoms with van der Waals surface area (Å²) in [5, 5.41) is 3.55. The van der Waals surface area contributed by atoms with E-state index in [4.69, 9.17) is 4.42 Å². The van der Waals surface area contributed by atoms with Crippen molar-refractivity contribution >= 4 is 35.0 Å². The standard InChI is InChI=1S/C21H19N3O3S/c1-14(25)24-11-8-16-12-17(2-3-18(16)24)23-21(26)19-4-5-20(27-19)28-13-15-6-9-22-10-7-15/h2-7,9-10,12H,8,11,13H2,1H3,(H,23,26). The van der Waals surface area contributed by atoms with Crippen LogP contribution >= 0.6 is 11.8 Å². The first-order valence-corrected chi connectivity index (χ1v) is 9.92. The van der Waals surface area contributed by atoms with Gasteiger partial charge in [-0.1, -0.05) is 11.8 Å². The highest BCUT2D eigenvalue weighted by Gasteiger charge is 2.22. The summed E-state index contributed by atoms with van der Waals surface area (Å²) in [6.45, 7) is 2.24. The minimum atomic E-state index is -0.294. The number of fused-ring (bicyclic) bond motifs is 1. The molecule has 3 heterocycles. The van der Waals surface area contributed by atoms with Crippen LogP contribution in [0, 0.1) is 0 Å². The molecule has 2 aromatic heterocycles. The highest BCUT2D eigenvalue weighted by atomic mass is 32.2. The second-order valence-electron chi connectivity index (χ2n) is 6.48. The maximum atomic E-state index is 12.5. The number of amides is 2. The minimum Gasteiger partial charge on any atom is -0.445 e. The number of furan rings is 1. The Hall–Kier alpha value is -3.06. The van der Waals surface area contributed by atoms with E-state index >= 15 is 0 Å². The summed E-state index contributed by atoms with van der Waals surface area (Å²) in [6, 6.07) is 13.0. The van der Waals surface area contributed by atoms with Crippen LogP contribution in [0.3, 0.4) is 0 Å². The predicted molar refractivity (Wildman–Crippen MR) is 109 cm³/mol. The summed E-state index contributed by atoms with van der Waals surface area (Å²) in [4.78, 5) is 29.9. The number of rotatable bonds is 5. The van der Waals surface area contributed by atoms with Gasteiger partial charge >= 0.3 is 0 Å². The summed E-state index contributed by atoms with van der Waals surface area (Å²) < 4.78 is 5.66. The van der Waals surface area contributed by atoms with Gasteiger partial charge in [0, 0.05) is 43.0 Å². The van der Waals surface area contributed by atoms with Gasteiger partial charge in [0.15, 0.2) is 10.9 Å². The molecule has 0 saturated heterocycles. The first kappa shape index (κ1) is 18.3. The molecule has 0 bridgehead atoms. The zero-order chi connectivity index (χ0) is 19.5. The van der Waals surface area contributed by atoms with Crippen LogP contribution in [0.4, 0.5) is 11.4 Å². The molecule has 1 aromatic carbocycles. The third kappa shape index (κ3) is 3.94. The van der Waals surface area contributed by atoms with E-state index in [1.807, 2.05) is 24.3 Å². The number of carbonyl (C=O) groups excluding carboxylic acids is 2. The first-order chi connectivity index (χ1) is 13.6. The van der Waals surface area contributed by atoms with Crippen LogP contribution in [0.1, 0.15) is 28.6 Å². The van der Waals surface area contributed by atoms with E-state index in [2.05, 4.69) is 10.3 Å². The predicted octanol–water partition coefficient (Wildman–Crippen LogP) is 4.13. The first-order valence-electron chi connectivity index (χ1n) is 8.94. The van der Waals surface area contributed by atoms with Crippen LogP contribution < -0.4 is 10.2 Å². The van der Waals surface area contributed by atoms with Gasteiger partial charge in [0.25, 0.3) is 5.91 Å². The van der Waals surface area contributed by atoms with Crippen molar-refractivity contribution in [1.82, 2.24) is 4.98 Å². The monoisotopic (exact) mass is 393 g/mol. The molecule has 0 spiro atoms. The van der Waals surface area contributed by atoms with E-state index in [0.717, 1.165) is 29.0 Å². The van der Waals surface area contributed by atoms with Crippen molar-refractivity contribution in [1.29, 1.82) is 0 Å². The van der Waals surface area contributed by atoms with Crippen molar-refractivity contribution in [3.8, 4) is 0 Å². The fraction of sp³-hybridized carbons (Fsp3) is 0.190. The van der Waals surface area contributed by atoms with Gasteiger partial charge in [-0.2, -0.15) is 0 Å². The average molecular weight is 393 g/mol. The van der Waals surface area contributed by atoms with Gasteiger partial charge in [0.2, 0.25) is 5.91 Å². The molecule has 0 aliphatic carbocycles. The van der Waals surface area contributed by atoms with Crippen LogP contribution in [0.5, 0.6) is 0 Å². The second-order valence-corrected chi connectivity index (χ2v) is 7.46. The molecule has 142 valence electrons. The Morgan fingerprint density at radius 3 is 2.79 bits per heavy atom. The zero-order valence-corrected chi connectivity index (χ0v) is 16.2. The van der Waals surface area contributed by atoms with Crippen molar-refractivity contribution in [2.45, 2.75) is 24.2 Å². The Labute approximate surface area is 166 Å². The van der Waals surface area contributed by atoms with Crippen LogP contribution in [0.2, 0.25) is 0 Å². The molecule has 0 unspecified atom stereocenters. The summed E-state index contributed by atoms with van der Waals surface area (Å²) in [7, 11) is 0. The number of aromatic nitrogens is 1. The van der Waals surface area contributed by atoms with Crippen molar-refractivity contribution < 1.29 is 14.0 Å². The van der Waals surface area contributed by atoms with Gasteiger partial charge in [0.1, 0.15) is 0 Å². The minimum absolute atomic E-state index is 0.0305. The Balaban J connectivity index is 1.39. The van der Waals surface area contributed by atoms with E-state index in [1.54, 1.807) is 42.4 Å². The number of nitrogens with one attached hydrogen (secondary N) is 1. The number of anilines is 2. The van der Waals surface area contributed by atoms with Crippen LogP contribution in [0.15, 0.2) is 64.4 Å². The summed E-state index contributed by atoms with van der Waals surface area (Å²) >= 11 is 1.53. The summed E-state index contributed by atoms with van der Waals surface area (Å²) in [5.41, 5.74) is 3.80. The molecule has 0 radical (unpaired) electrons. The zero-order valence-electron chi connectivity index (χ0n) is 15.3. The Kier molecular flexibility index (Phi) is 5.16. The topological polar surface area (TPSA) is 75.4 Å². The van der Waals surface area contributed by atoms with E-state index in [1.165, 1.54) is 11.8 Å². The molecule has 1 N–H and O–H groups in total. The number of benzene rings is 1. The summed E-state index contributed by atoms with van der Waals surface area (Å²) in [5.74, 6) is 0.748. The van der Waals surface area contributed by atoms with Crippen molar-refractivity contribution in [3.63, 3.8) is 0 Å². The van der Waals surface area contributed by atoms with Gasteiger partial charge in [-0.3, -0.25) is 14.6 Å². The SMILES string of the molecule is CC(=O)N1CCc2cc(NC(=O)c3ccc(SCc4ccncc4)o3)ccc21. The van der Waals surface area contributed by atoms with Gasteiger partial charge in [-0.05, 0) is 60.0 Å². The molecule has 0 fully saturated rings. The van der Waals surface area contributed by atoms with Crippen molar-refractivity contribution in [3.05, 3.63) is 71.7 Å². The highest BCUT2D eigenvalue weighted by Crippen LogP contribution is 2.31. The van der Waals surface area contributed by atoms with Gasteiger partial charge in [-0.25, -0.2) is 0 Å². The fourth-order valence-corrected chi connectivity index (χ4v) is 3.97. The third-order valence-electron chi connectivity index (χ3n) is 4.55. The molecule has 0 saturated carbocycles. The van der Waals surface area contributed by atoms with E-state index < -0.39 is 0 Å². The van der Waals surface area contributed by atoms with E-state index in [-0.39, 0.29) is 17.6 Å². The molecule has 3 aromatic rings.